The average molecular weight is 433 g/mol. The lowest BCUT2D eigenvalue weighted by Crippen LogP contribution is -2.40. The Kier molecular flexibility index (Phi) is 8.74. The highest BCUT2D eigenvalue weighted by atomic mass is 35.5. The Bertz CT molecular complexity index is 792. The van der Waals surface area contributed by atoms with Crippen LogP contribution in [0.25, 0.3) is 0 Å². The molecule has 0 saturated carbocycles. The first kappa shape index (κ1) is 23.7. The zero-order valence-electron chi connectivity index (χ0n) is 14.7. The van der Waals surface area contributed by atoms with Crippen LogP contribution in [-0.2, 0) is 11.3 Å². The molecule has 0 spiro atoms. The third-order valence-corrected chi connectivity index (χ3v) is 4.05. The number of pyridine rings is 1. The van der Waals surface area contributed by atoms with Gasteiger partial charge in [0.15, 0.2) is 0 Å². The lowest BCUT2D eigenvalue weighted by atomic mass is 10.1. The second-order valence-corrected chi connectivity index (χ2v) is 6.10. The highest BCUT2D eigenvalue weighted by Crippen LogP contribution is 2.25. The molecule has 0 aliphatic carbocycles. The molecule has 6 nitrogen and oxygen atoms in total. The molecule has 1 aliphatic heterocycles. The third kappa shape index (κ3) is 6.40. The minimum Gasteiger partial charge on any atom is -0.351 e. The Hall–Kier alpha value is -2.29. The van der Waals surface area contributed by atoms with Crippen LogP contribution in [0.1, 0.15) is 22.3 Å². The Morgan fingerprint density at radius 2 is 1.75 bits per heavy atom. The number of anilines is 1. The van der Waals surface area contributed by atoms with E-state index >= 15 is 0 Å². The number of benzene rings is 1. The first-order valence-corrected chi connectivity index (χ1v) is 8.12. The van der Waals surface area contributed by atoms with Gasteiger partial charge in [-0.1, -0.05) is 12.1 Å². The van der Waals surface area contributed by atoms with Gasteiger partial charge in [0.1, 0.15) is 0 Å². The lowest BCUT2D eigenvalue weighted by molar-refractivity contribution is -0.123. The van der Waals surface area contributed by atoms with Crippen molar-refractivity contribution in [2.24, 2.45) is 0 Å². The van der Waals surface area contributed by atoms with Crippen LogP contribution in [-0.4, -0.2) is 35.3 Å². The summed E-state index contributed by atoms with van der Waals surface area (Å²) >= 11 is 0. The second kappa shape index (κ2) is 10.3. The zero-order chi connectivity index (χ0) is 18.6. The van der Waals surface area contributed by atoms with Crippen LogP contribution >= 0.6 is 24.8 Å². The second-order valence-electron chi connectivity index (χ2n) is 6.10. The first-order chi connectivity index (χ1) is 12.4. The number of hydrogen-bond acceptors (Lipinski definition) is 4. The van der Waals surface area contributed by atoms with Crippen LogP contribution in [0.5, 0.6) is 0 Å². The molecule has 3 N–H and O–H groups in total. The molecule has 0 bridgehead atoms. The van der Waals surface area contributed by atoms with Gasteiger partial charge in [0.05, 0.1) is 12.6 Å². The molecule has 1 atom stereocenters. The van der Waals surface area contributed by atoms with Gasteiger partial charge >= 0.3 is 0 Å². The topological polar surface area (TPSA) is 83.1 Å². The van der Waals surface area contributed by atoms with Gasteiger partial charge in [-0.15, -0.1) is 24.8 Å². The molecule has 1 aromatic heterocycles. The molecule has 152 valence electrons. The van der Waals surface area contributed by atoms with Gasteiger partial charge in [0.2, 0.25) is 5.91 Å². The number of nitrogens with one attached hydrogen (secondary N) is 3. The number of hydrogen-bond donors (Lipinski definition) is 3. The van der Waals surface area contributed by atoms with Crippen LogP contribution < -0.4 is 16.0 Å². The lowest BCUT2D eigenvalue weighted by Gasteiger charge is -2.11. The number of rotatable bonds is 5. The molecule has 28 heavy (non-hydrogen) atoms. The van der Waals surface area contributed by atoms with Crippen molar-refractivity contribution in [2.45, 2.75) is 24.9 Å². The largest absolute Gasteiger partial charge is 0.351 e. The van der Waals surface area contributed by atoms with Gasteiger partial charge in [-0.25, -0.2) is 8.78 Å². The summed E-state index contributed by atoms with van der Waals surface area (Å²) in [5.74, 6) is -3.56. The van der Waals surface area contributed by atoms with Crippen LogP contribution in [0.4, 0.5) is 14.5 Å². The number of halogens is 4. The fraction of sp³-hybridized carbons (Fsp3) is 0.278. The van der Waals surface area contributed by atoms with Gasteiger partial charge in [0, 0.05) is 36.6 Å². The molecular weight excluding hydrogens is 413 g/mol. The number of aromatic nitrogens is 1. The number of nitrogens with zero attached hydrogens (tertiary/aromatic N) is 1. The van der Waals surface area contributed by atoms with Gasteiger partial charge < -0.3 is 10.6 Å². The van der Waals surface area contributed by atoms with E-state index in [1.165, 1.54) is 0 Å². The fourth-order valence-electron chi connectivity index (χ4n) is 2.63. The highest BCUT2D eigenvalue weighted by Gasteiger charge is 2.42. The van der Waals surface area contributed by atoms with Crippen molar-refractivity contribution in [1.82, 2.24) is 15.6 Å². The monoisotopic (exact) mass is 432 g/mol. The highest BCUT2D eigenvalue weighted by molar-refractivity contribution is 6.04. The number of carbonyl (C=O) groups excluding carboxylic acids is 2. The van der Waals surface area contributed by atoms with E-state index in [4.69, 9.17) is 0 Å². The molecule has 3 rings (SSSR count). The molecule has 1 unspecified atom stereocenters. The maximum atomic E-state index is 13.1. The quantitative estimate of drug-likeness (QED) is 0.678. The van der Waals surface area contributed by atoms with Gasteiger partial charge in [-0.2, -0.15) is 0 Å². The maximum absolute atomic E-state index is 13.1. The predicted octanol–water partition coefficient (Wildman–Crippen LogP) is 2.79. The van der Waals surface area contributed by atoms with Crippen LogP contribution in [0.2, 0.25) is 0 Å². The summed E-state index contributed by atoms with van der Waals surface area (Å²) in [6, 6.07) is 9.18. The molecule has 2 aromatic rings. The number of alkyl halides is 2. The molecule has 2 amide bonds. The van der Waals surface area contributed by atoms with Gasteiger partial charge in [-0.3, -0.25) is 19.9 Å². The smallest absolute Gasteiger partial charge is 0.262 e. The van der Waals surface area contributed by atoms with Crippen LogP contribution in [0, 0.1) is 0 Å². The summed E-state index contributed by atoms with van der Waals surface area (Å²) in [6.45, 7) is -0.277. The molecular formula is C18H20Cl2F2N4O2. The number of carbonyl (C=O) groups is 2. The van der Waals surface area contributed by atoms with Crippen LogP contribution in [0.15, 0.2) is 48.8 Å². The maximum Gasteiger partial charge on any atom is 0.262 e. The summed E-state index contributed by atoms with van der Waals surface area (Å²) in [5.41, 5.74) is 1.87. The zero-order valence-corrected chi connectivity index (χ0v) is 16.3. The molecule has 2 heterocycles. The van der Waals surface area contributed by atoms with E-state index in [-0.39, 0.29) is 37.3 Å². The Morgan fingerprint density at radius 1 is 1.11 bits per heavy atom. The molecule has 1 saturated heterocycles. The average Bonchev–Trinajstić information content (AvgIpc) is 3.01. The molecule has 1 aromatic carbocycles. The van der Waals surface area contributed by atoms with E-state index < -0.39 is 30.8 Å². The first-order valence-electron chi connectivity index (χ1n) is 8.12. The SMILES string of the molecule is Cl.Cl.O=C(Nc1ccncc1)c1ccc(CNC(=O)C2CC(F)(F)CN2)cc1. The summed E-state index contributed by atoms with van der Waals surface area (Å²) in [7, 11) is 0. The van der Waals surface area contributed by atoms with Crippen LogP contribution in [0.3, 0.4) is 0 Å². The Balaban J connectivity index is 0.00000196. The van der Waals surface area contributed by atoms with Crippen molar-refractivity contribution >= 4 is 42.3 Å². The molecule has 1 fully saturated rings. The van der Waals surface area contributed by atoms with E-state index in [9.17, 15) is 18.4 Å². The summed E-state index contributed by atoms with van der Waals surface area (Å²) in [6.07, 6.45) is 2.67. The van der Waals surface area contributed by atoms with Crippen molar-refractivity contribution in [1.29, 1.82) is 0 Å². The van der Waals surface area contributed by atoms with Crippen molar-refractivity contribution in [3.05, 3.63) is 59.9 Å². The minimum absolute atomic E-state index is 0. The predicted molar refractivity (Wildman–Crippen MR) is 106 cm³/mol. The third-order valence-electron chi connectivity index (χ3n) is 4.05. The van der Waals surface area contributed by atoms with E-state index in [1.54, 1.807) is 48.8 Å². The Labute approximate surface area is 173 Å². The van der Waals surface area contributed by atoms with Crippen molar-refractivity contribution in [3.63, 3.8) is 0 Å². The van der Waals surface area contributed by atoms with E-state index in [1.807, 2.05) is 0 Å². The van der Waals surface area contributed by atoms with Gasteiger partial charge in [0.25, 0.3) is 11.8 Å². The van der Waals surface area contributed by atoms with E-state index in [0.29, 0.717) is 11.3 Å². The number of amides is 2. The van der Waals surface area contributed by atoms with Crippen molar-refractivity contribution in [3.8, 4) is 0 Å². The summed E-state index contributed by atoms with van der Waals surface area (Å²) in [5, 5.41) is 7.88. The van der Waals surface area contributed by atoms with E-state index in [2.05, 4.69) is 20.9 Å². The molecule has 0 radical (unpaired) electrons. The Morgan fingerprint density at radius 3 is 2.32 bits per heavy atom. The van der Waals surface area contributed by atoms with E-state index in [0.717, 1.165) is 5.56 Å². The van der Waals surface area contributed by atoms with Crippen molar-refractivity contribution in [2.75, 3.05) is 11.9 Å². The normalized spacial score (nSPS) is 17.0. The summed E-state index contributed by atoms with van der Waals surface area (Å²) < 4.78 is 26.2. The standard InChI is InChI=1S/C18H18F2N4O2.2ClH/c19-18(20)9-15(23-11-18)17(26)22-10-12-1-3-13(4-2-12)16(25)24-14-5-7-21-8-6-14;;/h1-8,15,23H,9-11H2,(H,22,26)(H,21,24,25);2*1H. The minimum atomic E-state index is -2.84. The molecule has 10 heteroatoms. The van der Waals surface area contributed by atoms with Crippen molar-refractivity contribution < 1.29 is 18.4 Å². The molecule has 1 aliphatic rings. The summed E-state index contributed by atoms with van der Waals surface area (Å²) in [4.78, 5) is 27.9. The van der Waals surface area contributed by atoms with Gasteiger partial charge in [-0.05, 0) is 29.8 Å². The fourth-order valence-corrected chi connectivity index (χ4v) is 2.63.